The van der Waals surface area contributed by atoms with Crippen molar-refractivity contribution in [2.24, 2.45) is 0 Å². The molecule has 0 bridgehead atoms. The van der Waals surface area contributed by atoms with Crippen LogP contribution in [0.25, 0.3) is 0 Å². The van der Waals surface area contributed by atoms with E-state index in [-0.39, 0.29) is 24.4 Å². The van der Waals surface area contributed by atoms with Crippen molar-refractivity contribution >= 4 is 11.9 Å². The van der Waals surface area contributed by atoms with Crippen molar-refractivity contribution in [3.8, 4) is 0 Å². The molecule has 0 atom stereocenters. The smallest absolute Gasteiger partial charge is 0.305 e. The zero-order valence-electron chi connectivity index (χ0n) is 8.91. The number of carbonyl (C=O) groups excluding carboxylic acids is 1. The Labute approximate surface area is 84.2 Å². The Morgan fingerprint density at radius 1 is 1.43 bits per heavy atom. The third-order valence-corrected chi connectivity index (χ3v) is 1.80. The first-order valence-electron chi connectivity index (χ1n) is 4.45. The number of rotatable bonds is 4. The van der Waals surface area contributed by atoms with E-state index < -0.39 is 5.97 Å². The topological polar surface area (TPSA) is 57.6 Å². The second-order valence-corrected chi connectivity index (χ2v) is 4.01. The number of hydrogen-bond acceptors (Lipinski definition) is 2. The summed E-state index contributed by atoms with van der Waals surface area (Å²) in [5.74, 6) is -1.14. The number of nitrogens with zero attached hydrogens (tertiary/aromatic N) is 1. The highest BCUT2D eigenvalue weighted by atomic mass is 16.4. The van der Waals surface area contributed by atoms with E-state index in [4.69, 9.17) is 5.11 Å². The van der Waals surface area contributed by atoms with Gasteiger partial charge in [-0.15, -0.1) is 0 Å². The van der Waals surface area contributed by atoms with E-state index in [9.17, 15) is 9.59 Å². The van der Waals surface area contributed by atoms with Gasteiger partial charge in [-0.05, 0) is 26.8 Å². The fourth-order valence-electron chi connectivity index (χ4n) is 1.09. The molecule has 0 spiro atoms. The summed E-state index contributed by atoms with van der Waals surface area (Å²) in [4.78, 5) is 23.3. The molecular formula is C10H17NO3. The molecule has 4 heteroatoms. The van der Waals surface area contributed by atoms with E-state index in [1.54, 1.807) is 0 Å². The van der Waals surface area contributed by atoms with Crippen molar-refractivity contribution < 1.29 is 14.7 Å². The number of amides is 1. The Morgan fingerprint density at radius 3 is 2.21 bits per heavy atom. The third kappa shape index (κ3) is 4.07. The minimum atomic E-state index is -0.906. The van der Waals surface area contributed by atoms with Crippen LogP contribution in [0.5, 0.6) is 0 Å². The Balaban J connectivity index is 4.49. The van der Waals surface area contributed by atoms with Crippen LogP contribution in [-0.4, -0.2) is 34.0 Å². The quantitative estimate of drug-likeness (QED) is 0.694. The third-order valence-electron chi connectivity index (χ3n) is 1.80. The molecule has 1 N–H and O–H groups in total. The summed E-state index contributed by atoms with van der Waals surface area (Å²) in [6, 6.07) is 0. The lowest BCUT2D eigenvalue weighted by Crippen LogP contribution is -2.45. The van der Waals surface area contributed by atoms with Crippen LogP contribution in [0.2, 0.25) is 0 Å². The second-order valence-electron chi connectivity index (χ2n) is 4.01. The minimum Gasteiger partial charge on any atom is -0.481 e. The van der Waals surface area contributed by atoms with E-state index in [0.29, 0.717) is 0 Å². The molecule has 0 aromatic rings. The molecule has 0 aromatic heterocycles. The number of carboxylic acids is 1. The largest absolute Gasteiger partial charge is 0.481 e. The van der Waals surface area contributed by atoms with Crippen LogP contribution in [0.4, 0.5) is 0 Å². The minimum absolute atomic E-state index is 0.0448. The van der Waals surface area contributed by atoms with E-state index in [0.717, 1.165) is 0 Å². The van der Waals surface area contributed by atoms with Crippen LogP contribution in [0, 0.1) is 0 Å². The monoisotopic (exact) mass is 199 g/mol. The van der Waals surface area contributed by atoms with Crippen LogP contribution >= 0.6 is 0 Å². The lowest BCUT2D eigenvalue weighted by atomic mass is 10.1. The summed E-state index contributed by atoms with van der Waals surface area (Å²) in [6.07, 6.45) is 1.16. The van der Waals surface area contributed by atoms with Crippen molar-refractivity contribution in [3.05, 3.63) is 12.7 Å². The lowest BCUT2D eigenvalue weighted by Gasteiger charge is -2.34. The first-order valence-corrected chi connectivity index (χ1v) is 4.45. The predicted octanol–water partition coefficient (Wildman–Crippen LogP) is 1.27. The number of hydrogen-bond donors (Lipinski definition) is 1. The van der Waals surface area contributed by atoms with Gasteiger partial charge in [0.15, 0.2) is 0 Å². The van der Waals surface area contributed by atoms with Crippen molar-refractivity contribution in [2.75, 3.05) is 6.54 Å². The van der Waals surface area contributed by atoms with Crippen molar-refractivity contribution in [3.63, 3.8) is 0 Å². The van der Waals surface area contributed by atoms with E-state index in [1.165, 1.54) is 11.0 Å². The van der Waals surface area contributed by atoms with Gasteiger partial charge in [-0.25, -0.2) is 0 Å². The molecule has 0 aliphatic rings. The Hall–Kier alpha value is -1.32. The summed E-state index contributed by atoms with van der Waals surface area (Å²) in [7, 11) is 0. The van der Waals surface area contributed by atoms with Gasteiger partial charge in [-0.2, -0.15) is 0 Å². The Kier molecular flexibility index (Phi) is 4.34. The van der Waals surface area contributed by atoms with Crippen LogP contribution in [0.1, 0.15) is 27.2 Å². The highest BCUT2D eigenvalue weighted by molar-refractivity contribution is 5.87. The first kappa shape index (κ1) is 12.7. The molecule has 1 amide bonds. The van der Waals surface area contributed by atoms with Crippen LogP contribution in [0.3, 0.4) is 0 Å². The fraction of sp³-hybridized carbons (Fsp3) is 0.600. The van der Waals surface area contributed by atoms with Crippen molar-refractivity contribution in [2.45, 2.75) is 32.7 Å². The molecule has 0 aliphatic carbocycles. The van der Waals surface area contributed by atoms with Crippen LogP contribution in [-0.2, 0) is 9.59 Å². The molecule has 0 saturated heterocycles. The summed E-state index contributed by atoms with van der Waals surface area (Å²) in [6.45, 7) is 9.17. The maximum atomic E-state index is 11.4. The first-order chi connectivity index (χ1) is 6.29. The molecule has 0 saturated carbocycles. The molecule has 0 fully saturated rings. The predicted molar refractivity (Wildman–Crippen MR) is 53.9 cm³/mol. The second kappa shape index (κ2) is 4.79. The summed E-state index contributed by atoms with van der Waals surface area (Å²) >= 11 is 0. The van der Waals surface area contributed by atoms with Gasteiger partial charge in [0.1, 0.15) is 0 Å². The van der Waals surface area contributed by atoms with Crippen LogP contribution < -0.4 is 0 Å². The van der Waals surface area contributed by atoms with E-state index >= 15 is 0 Å². The molecule has 0 aliphatic heterocycles. The van der Waals surface area contributed by atoms with Gasteiger partial charge in [-0.1, -0.05) is 6.58 Å². The highest BCUT2D eigenvalue weighted by Gasteiger charge is 2.24. The molecule has 80 valence electrons. The zero-order chi connectivity index (χ0) is 11.4. The summed E-state index contributed by atoms with van der Waals surface area (Å²) in [5.41, 5.74) is -0.374. The molecule has 0 aromatic carbocycles. The molecule has 0 radical (unpaired) electrons. The molecule has 4 nitrogen and oxygen atoms in total. The van der Waals surface area contributed by atoms with Crippen LogP contribution in [0.15, 0.2) is 12.7 Å². The van der Waals surface area contributed by atoms with Gasteiger partial charge in [0.25, 0.3) is 0 Å². The summed E-state index contributed by atoms with van der Waals surface area (Å²) < 4.78 is 0. The highest BCUT2D eigenvalue weighted by Crippen LogP contribution is 2.14. The van der Waals surface area contributed by atoms with Gasteiger partial charge < -0.3 is 10.0 Å². The van der Waals surface area contributed by atoms with E-state index in [2.05, 4.69) is 6.58 Å². The lowest BCUT2D eigenvalue weighted by molar-refractivity contribution is -0.139. The normalized spacial score (nSPS) is 10.8. The number of carbonyl (C=O) groups is 2. The van der Waals surface area contributed by atoms with Crippen molar-refractivity contribution in [1.29, 1.82) is 0 Å². The number of aliphatic carboxylic acids is 1. The number of carboxylic acid groups (broad SMARTS) is 1. The molecule has 14 heavy (non-hydrogen) atoms. The zero-order valence-corrected chi connectivity index (χ0v) is 8.91. The van der Waals surface area contributed by atoms with Gasteiger partial charge in [-0.3, -0.25) is 9.59 Å². The fourth-order valence-corrected chi connectivity index (χ4v) is 1.09. The summed E-state index contributed by atoms with van der Waals surface area (Å²) in [5, 5.41) is 8.52. The molecular weight excluding hydrogens is 182 g/mol. The Morgan fingerprint density at radius 2 is 1.93 bits per heavy atom. The average Bonchev–Trinajstić information content (AvgIpc) is 2.01. The van der Waals surface area contributed by atoms with Gasteiger partial charge in [0.2, 0.25) is 5.91 Å². The Bertz CT molecular complexity index is 240. The average molecular weight is 199 g/mol. The maximum Gasteiger partial charge on any atom is 0.305 e. The van der Waals surface area contributed by atoms with Gasteiger partial charge >= 0.3 is 5.97 Å². The van der Waals surface area contributed by atoms with Gasteiger partial charge in [0.05, 0.1) is 6.42 Å². The molecule has 0 unspecified atom stereocenters. The standard InChI is InChI=1S/C10H17NO3/c1-5-8(12)11(10(2,3)4)7-6-9(13)14/h5H,1,6-7H2,2-4H3,(H,13,14). The van der Waals surface area contributed by atoms with Crippen molar-refractivity contribution in [1.82, 2.24) is 4.90 Å². The SMILES string of the molecule is C=CC(=O)N(CCC(=O)O)C(C)(C)C. The maximum absolute atomic E-state index is 11.4. The molecule has 0 heterocycles. The van der Waals surface area contributed by atoms with Gasteiger partial charge in [0, 0.05) is 12.1 Å². The molecule has 0 rings (SSSR count). The van der Waals surface area contributed by atoms with E-state index in [1.807, 2.05) is 20.8 Å².